The maximum absolute atomic E-state index is 10.6. The number of hydrogen-bond acceptors (Lipinski definition) is 3. The van der Waals surface area contributed by atoms with Crippen molar-refractivity contribution >= 4 is 5.97 Å². The number of aliphatic carboxylic acids is 1. The van der Waals surface area contributed by atoms with Crippen LogP contribution >= 0.6 is 0 Å². The first-order chi connectivity index (χ1) is 10.1. The molecule has 0 saturated heterocycles. The van der Waals surface area contributed by atoms with Crippen molar-refractivity contribution in [2.75, 3.05) is 0 Å². The molecule has 0 fully saturated rings. The summed E-state index contributed by atoms with van der Waals surface area (Å²) in [4.78, 5) is 20.4. The predicted molar refractivity (Wildman–Crippen MR) is 84.0 cm³/mol. The molecule has 1 unspecified atom stereocenters. The second-order valence-electron chi connectivity index (χ2n) is 5.45. The lowest BCUT2D eigenvalue weighted by Crippen LogP contribution is -2.28. The van der Waals surface area contributed by atoms with Crippen LogP contribution in [0, 0.1) is 10.1 Å². The molecule has 0 aromatic heterocycles. The van der Waals surface area contributed by atoms with Gasteiger partial charge in [-0.05, 0) is 32.1 Å². The van der Waals surface area contributed by atoms with E-state index in [1.807, 2.05) is 0 Å². The maximum atomic E-state index is 10.6. The van der Waals surface area contributed by atoms with E-state index in [4.69, 9.17) is 5.11 Å². The Bertz CT molecular complexity index is 301. The molecule has 122 valence electrons. The van der Waals surface area contributed by atoms with Crippen LogP contribution < -0.4 is 0 Å². The van der Waals surface area contributed by atoms with Crippen molar-refractivity contribution in [1.82, 2.24) is 0 Å². The SMILES string of the molecule is CCCCCC/C=C\CCCCCCC(C(=O)O)[N+](=O)[O-]. The highest BCUT2D eigenvalue weighted by Gasteiger charge is 2.27. The summed E-state index contributed by atoms with van der Waals surface area (Å²) in [7, 11) is 0. The third-order valence-electron chi connectivity index (χ3n) is 3.53. The monoisotopic (exact) mass is 299 g/mol. The van der Waals surface area contributed by atoms with Crippen molar-refractivity contribution in [3.63, 3.8) is 0 Å². The largest absolute Gasteiger partial charge is 0.476 e. The van der Waals surface area contributed by atoms with Gasteiger partial charge in [0.25, 0.3) is 0 Å². The Labute approximate surface area is 127 Å². The highest BCUT2D eigenvalue weighted by atomic mass is 16.6. The van der Waals surface area contributed by atoms with E-state index < -0.39 is 16.9 Å². The van der Waals surface area contributed by atoms with Gasteiger partial charge in [0.05, 0.1) is 0 Å². The van der Waals surface area contributed by atoms with Crippen molar-refractivity contribution in [1.29, 1.82) is 0 Å². The van der Waals surface area contributed by atoms with Gasteiger partial charge in [-0.3, -0.25) is 10.1 Å². The Morgan fingerprint density at radius 2 is 1.57 bits per heavy atom. The molecular weight excluding hydrogens is 270 g/mol. The molecular formula is C16H29NO4. The van der Waals surface area contributed by atoms with Crippen LogP contribution in [-0.2, 0) is 4.79 Å². The minimum Gasteiger partial charge on any atom is -0.476 e. The number of nitrogens with zero attached hydrogens (tertiary/aromatic N) is 1. The number of carbonyl (C=O) groups is 1. The number of nitro groups is 1. The summed E-state index contributed by atoms with van der Waals surface area (Å²) < 4.78 is 0. The summed E-state index contributed by atoms with van der Waals surface area (Å²) >= 11 is 0. The fourth-order valence-electron chi connectivity index (χ4n) is 2.20. The summed E-state index contributed by atoms with van der Waals surface area (Å²) in [6.07, 6.45) is 15.5. The third kappa shape index (κ3) is 12.1. The lowest BCUT2D eigenvalue weighted by Gasteiger charge is -2.04. The molecule has 0 spiro atoms. The van der Waals surface area contributed by atoms with Gasteiger partial charge in [0.1, 0.15) is 0 Å². The second kappa shape index (κ2) is 13.6. The van der Waals surface area contributed by atoms with E-state index in [1.54, 1.807) is 0 Å². The summed E-state index contributed by atoms with van der Waals surface area (Å²) in [5.41, 5.74) is 0. The minimum absolute atomic E-state index is 0.135. The lowest BCUT2D eigenvalue weighted by atomic mass is 10.1. The fourth-order valence-corrected chi connectivity index (χ4v) is 2.20. The van der Waals surface area contributed by atoms with Crippen molar-refractivity contribution in [2.24, 2.45) is 0 Å². The average molecular weight is 299 g/mol. The third-order valence-corrected chi connectivity index (χ3v) is 3.53. The van der Waals surface area contributed by atoms with Gasteiger partial charge in [-0.25, -0.2) is 4.79 Å². The van der Waals surface area contributed by atoms with Crippen LogP contribution in [0.1, 0.15) is 77.6 Å². The molecule has 0 bridgehead atoms. The highest BCUT2D eigenvalue weighted by Crippen LogP contribution is 2.10. The normalized spacial score (nSPS) is 12.6. The van der Waals surface area contributed by atoms with Crippen molar-refractivity contribution in [2.45, 2.75) is 83.6 Å². The van der Waals surface area contributed by atoms with Gasteiger partial charge in [-0.15, -0.1) is 0 Å². The zero-order chi connectivity index (χ0) is 15.9. The van der Waals surface area contributed by atoms with Gasteiger partial charge < -0.3 is 5.11 Å². The number of carboxylic acids is 1. The van der Waals surface area contributed by atoms with Crippen LogP contribution in [0.2, 0.25) is 0 Å². The first kappa shape index (κ1) is 19.6. The Kier molecular flexibility index (Phi) is 12.7. The van der Waals surface area contributed by atoms with Gasteiger partial charge in [-0.2, -0.15) is 0 Å². The van der Waals surface area contributed by atoms with Crippen LogP contribution in [0.25, 0.3) is 0 Å². The van der Waals surface area contributed by atoms with Gasteiger partial charge in [0, 0.05) is 11.3 Å². The molecule has 5 nitrogen and oxygen atoms in total. The molecule has 5 heteroatoms. The molecule has 0 radical (unpaired) electrons. The standard InChI is InChI=1S/C16H29NO4/c1-2-3-4-5-6-7-8-9-10-11-12-13-14-15(16(18)19)17(20)21/h7-8,15H,2-6,9-14H2,1H3,(H,18,19)/b8-7-. The Balaban J connectivity index is 3.41. The van der Waals surface area contributed by atoms with Gasteiger partial charge in [0.15, 0.2) is 0 Å². The molecule has 1 N–H and O–H groups in total. The van der Waals surface area contributed by atoms with Crippen molar-refractivity contribution in [3.8, 4) is 0 Å². The smallest absolute Gasteiger partial charge is 0.379 e. The van der Waals surface area contributed by atoms with E-state index >= 15 is 0 Å². The van der Waals surface area contributed by atoms with Gasteiger partial charge in [-0.1, -0.05) is 51.2 Å². The summed E-state index contributed by atoms with van der Waals surface area (Å²) in [6, 6.07) is -1.44. The number of rotatable bonds is 14. The van der Waals surface area contributed by atoms with E-state index in [0.29, 0.717) is 6.42 Å². The maximum Gasteiger partial charge on any atom is 0.379 e. The highest BCUT2D eigenvalue weighted by molar-refractivity contribution is 5.71. The molecule has 1 atom stereocenters. The number of allylic oxidation sites excluding steroid dienone is 2. The van der Waals surface area contributed by atoms with Crippen LogP contribution in [0.5, 0.6) is 0 Å². The Morgan fingerprint density at radius 1 is 1.05 bits per heavy atom. The zero-order valence-electron chi connectivity index (χ0n) is 13.1. The fraction of sp³-hybridized carbons (Fsp3) is 0.812. The Morgan fingerprint density at radius 3 is 2.05 bits per heavy atom. The van der Waals surface area contributed by atoms with Gasteiger partial charge in [0.2, 0.25) is 0 Å². The van der Waals surface area contributed by atoms with E-state index in [-0.39, 0.29) is 6.42 Å². The molecule has 21 heavy (non-hydrogen) atoms. The number of carboxylic acid groups (broad SMARTS) is 1. The molecule has 0 amide bonds. The van der Waals surface area contributed by atoms with E-state index in [1.165, 1.54) is 25.7 Å². The van der Waals surface area contributed by atoms with Crippen LogP contribution in [0.3, 0.4) is 0 Å². The van der Waals surface area contributed by atoms with E-state index in [2.05, 4.69) is 19.1 Å². The molecule has 0 saturated carbocycles. The molecule has 0 aromatic carbocycles. The van der Waals surface area contributed by atoms with E-state index in [0.717, 1.165) is 32.1 Å². The quantitative estimate of drug-likeness (QED) is 0.220. The van der Waals surface area contributed by atoms with E-state index in [9.17, 15) is 14.9 Å². The number of hydrogen-bond donors (Lipinski definition) is 1. The van der Waals surface area contributed by atoms with Crippen molar-refractivity contribution in [3.05, 3.63) is 22.3 Å². The molecule has 0 aliphatic rings. The molecule has 0 rings (SSSR count). The van der Waals surface area contributed by atoms with Crippen LogP contribution in [-0.4, -0.2) is 22.0 Å². The summed E-state index contributed by atoms with van der Waals surface area (Å²) in [5, 5.41) is 19.2. The van der Waals surface area contributed by atoms with Crippen LogP contribution in [0.4, 0.5) is 0 Å². The topological polar surface area (TPSA) is 80.4 Å². The second-order valence-corrected chi connectivity index (χ2v) is 5.45. The zero-order valence-corrected chi connectivity index (χ0v) is 13.1. The predicted octanol–water partition coefficient (Wildman–Crippen LogP) is 4.58. The van der Waals surface area contributed by atoms with Gasteiger partial charge >= 0.3 is 12.0 Å². The molecule has 0 aromatic rings. The summed E-state index contributed by atoms with van der Waals surface area (Å²) in [5.74, 6) is -1.33. The molecule has 0 heterocycles. The summed E-state index contributed by atoms with van der Waals surface area (Å²) in [6.45, 7) is 2.21. The first-order valence-corrected chi connectivity index (χ1v) is 8.10. The lowest BCUT2D eigenvalue weighted by molar-refractivity contribution is -0.511. The number of unbranched alkanes of at least 4 members (excludes halogenated alkanes) is 8. The Hall–Kier alpha value is -1.39. The average Bonchev–Trinajstić information content (AvgIpc) is 2.43. The first-order valence-electron chi connectivity index (χ1n) is 8.10. The molecule has 0 aliphatic carbocycles. The molecule has 0 aliphatic heterocycles. The van der Waals surface area contributed by atoms with Crippen molar-refractivity contribution < 1.29 is 14.8 Å². The van der Waals surface area contributed by atoms with Crippen LogP contribution in [0.15, 0.2) is 12.2 Å². The minimum atomic E-state index is -1.44.